The third kappa shape index (κ3) is 3.94. The molecule has 0 fully saturated rings. The minimum absolute atomic E-state index is 0.0222. The summed E-state index contributed by atoms with van der Waals surface area (Å²) in [6.45, 7) is 2.11. The SMILES string of the molecule is CCc1ccccc1NC(=O)CNc1ccc2cc([N+](=O)[O-])ccc2n1. The molecule has 0 radical (unpaired) electrons. The fourth-order valence-corrected chi connectivity index (χ4v) is 2.64. The van der Waals surface area contributed by atoms with Crippen LogP contribution in [0, 0.1) is 10.1 Å². The van der Waals surface area contributed by atoms with Crippen LogP contribution in [0.15, 0.2) is 54.6 Å². The van der Waals surface area contributed by atoms with E-state index in [1.807, 2.05) is 31.2 Å². The van der Waals surface area contributed by atoms with Crippen LogP contribution < -0.4 is 10.6 Å². The van der Waals surface area contributed by atoms with Crippen molar-refractivity contribution in [3.63, 3.8) is 0 Å². The molecule has 26 heavy (non-hydrogen) atoms. The number of fused-ring (bicyclic) bond motifs is 1. The quantitative estimate of drug-likeness (QED) is 0.521. The van der Waals surface area contributed by atoms with Gasteiger partial charge in [-0.15, -0.1) is 0 Å². The zero-order chi connectivity index (χ0) is 18.5. The summed E-state index contributed by atoms with van der Waals surface area (Å²) >= 11 is 0. The van der Waals surface area contributed by atoms with Crippen LogP contribution in [-0.4, -0.2) is 22.4 Å². The van der Waals surface area contributed by atoms with E-state index in [-0.39, 0.29) is 18.1 Å². The smallest absolute Gasteiger partial charge is 0.270 e. The van der Waals surface area contributed by atoms with Crippen LogP contribution >= 0.6 is 0 Å². The Morgan fingerprint density at radius 3 is 2.73 bits per heavy atom. The molecule has 0 saturated heterocycles. The highest BCUT2D eigenvalue weighted by atomic mass is 16.6. The van der Waals surface area contributed by atoms with Crippen molar-refractivity contribution in [2.24, 2.45) is 0 Å². The van der Waals surface area contributed by atoms with Gasteiger partial charge in [0.2, 0.25) is 5.91 Å². The van der Waals surface area contributed by atoms with Gasteiger partial charge in [-0.2, -0.15) is 0 Å². The largest absolute Gasteiger partial charge is 0.361 e. The second kappa shape index (κ2) is 7.60. The molecule has 2 N–H and O–H groups in total. The first-order valence-corrected chi connectivity index (χ1v) is 8.23. The molecule has 0 bridgehead atoms. The highest BCUT2D eigenvalue weighted by molar-refractivity contribution is 5.94. The molecule has 1 heterocycles. The lowest BCUT2D eigenvalue weighted by molar-refractivity contribution is -0.384. The van der Waals surface area contributed by atoms with Gasteiger partial charge in [0.05, 0.1) is 17.0 Å². The van der Waals surface area contributed by atoms with Crippen molar-refractivity contribution in [3.05, 3.63) is 70.3 Å². The number of aryl methyl sites for hydroxylation is 1. The van der Waals surface area contributed by atoms with Gasteiger partial charge in [-0.05, 0) is 36.2 Å². The second-order valence-corrected chi connectivity index (χ2v) is 5.74. The topological polar surface area (TPSA) is 97.2 Å². The highest BCUT2D eigenvalue weighted by Crippen LogP contribution is 2.21. The summed E-state index contributed by atoms with van der Waals surface area (Å²) in [4.78, 5) is 26.9. The number of anilines is 2. The van der Waals surface area contributed by atoms with E-state index in [9.17, 15) is 14.9 Å². The number of benzene rings is 2. The van der Waals surface area contributed by atoms with Crippen molar-refractivity contribution in [2.75, 3.05) is 17.2 Å². The maximum Gasteiger partial charge on any atom is 0.270 e. The van der Waals surface area contributed by atoms with Crippen molar-refractivity contribution >= 4 is 34.0 Å². The molecule has 7 nitrogen and oxygen atoms in total. The molecule has 0 aliphatic heterocycles. The summed E-state index contributed by atoms with van der Waals surface area (Å²) in [5.41, 5.74) is 2.53. The number of hydrogen-bond donors (Lipinski definition) is 2. The number of carbonyl (C=O) groups is 1. The maximum atomic E-state index is 12.2. The molecule has 2 aromatic carbocycles. The molecule has 0 aliphatic rings. The van der Waals surface area contributed by atoms with Gasteiger partial charge in [0, 0.05) is 23.2 Å². The number of non-ortho nitro benzene ring substituents is 1. The van der Waals surface area contributed by atoms with E-state index in [0.717, 1.165) is 17.7 Å². The fraction of sp³-hybridized carbons (Fsp3) is 0.158. The van der Waals surface area contributed by atoms with Gasteiger partial charge >= 0.3 is 0 Å². The number of aromatic nitrogens is 1. The van der Waals surface area contributed by atoms with Crippen molar-refractivity contribution in [3.8, 4) is 0 Å². The minimum atomic E-state index is -0.440. The molecule has 1 aromatic heterocycles. The zero-order valence-electron chi connectivity index (χ0n) is 14.2. The van der Waals surface area contributed by atoms with E-state index in [0.29, 0.717) is 16.7 Å². The number of rotatable bonds is 6. The lowest BCUT2D eigenvalue weighted by atomic mass is 10.1. The standard InChI is InChI=1S/C19H18N4O3/c1-2-13-5-3-4-6-16(13)22-19(24)12-20-18-10-7-14-11-15(23(25)26)8-9-17(14)21-18/h3-11H,2,12H2,1H3,(H,20,21)(H,22,24). The van der Waals surface area contributed by atoms with E-state index in [4.69, 9.17) is 0 Å². The molecule has 1 amide bonds. The molecule has 132 valence electrons. The zero-order valence-corrected chi connectivity index (χ0v) is 14.2. The maximum absolute atomic E-state index is 12.2. The Kier molecular flexibility index (Phi) is 5.07. The second-order valence-electron chi connectivity index (χ2n) is 5.74. The summed E-state index contributed by atoms with van der Waals surface area (Å²) in [6, 6.07) is 15.6. The number of pyridine rings is 1. The lowest BCUT2D eigenvalue weighted by Gasteiger charge is -2.11. The van der Waals surface area contributed by atoms with Crippen molar-refractivity contribution in [1.82, 2.24) is 4.98 Å². The van der Waals surface area contributed by atoms with E-state index in [2.05, 4.69) is 15.6 Å². The minimum Gasteiger partial charge on any atom is -0.361 e. The Bertz CT molecular complexity index is 972. The molecule has 3 aromatic rings. The van der Waals surface area contributed by atoms with Gasteiger partial charge in [-0.25, -0.2) is 4.98 Å². The van der Waals surface area contributed by atoms with Crippen molar-refractivity contribution in [1.29, 1.82) is 0 Å². The number of nitrogens with one attached hydrogen (secondary N) is 2. The van der Waals surface area contributed by atoms with Gasteiger partial charge in [-0.3, -0.25) is 14.9 Å². The molecule has 0 aliphatic carbocycles. The lowest BCUT2D eigenvalue weighted by Crippen LogP contribution is -2.22. The van der Waals surface area contributed by atoms with E-state index in [1.165, 1.54) is 12.1 Å². The normalized spacial score (nSPS) is 10.5. The Hall–Kier alpha value is -3.48. The highest BCUT2D eigenvalue weighted by Gasteiger charge is 2.09. The number of nitro benzene ring substituents is 1. The Balaban J connectivity index is 1.66. The number of hydrogen-bond acceptors (Lipinski definition) is 5. The number of carbonyl (C=O) groups excluding carboxylic acids is 1. The van der Waals surface area contributed by atoms with Crippen molar-refractivity contribution in [2.45, 2.75) is 13.3 Å². The number of nitro groups is 1. The molecule has 7 heteroatoms. The number of nitrogens with zero attached hydrogens (tertiary/aromatic N) is 2. The van der Waals surface area contributed by atoms with Crippen LogP contribution in [0.3, 0.4) is 0 Å². The molecular weight excluding hydrogens is 332 g/mol. The van der Waals surface area contributed by atoms with Crippen LogP contribution in [0.5, 0.6) is 0 Å². The van der Waals surface area contributed by atoms with Crippen LogP contribution in [-0.2, 0) is 11.2 Å². The van der Waals surface area contributed by atoms with Crippen LogP contribution in [0.25, 0.3) is 10.9 Å². The third-order valence-electron chi connectivity index (χ3n) is 3.99. The Morgan fingerprint density at radius 2 is 1.96 bits per heavy atom. The van der Waals surface area contributed by atoms with Gasteiger partial charge in [0.25, 0.3) is 5.69 Å². The number of para-hydroxylation sites is 1. The molecule has 0 unspecified atom stereocenters. The first-order chi connectivity index (χ1) is 12.6. The molecule has 0 saturated carbocycles. The fourth-order valence-electron chi connectivity index (χ4n) is 2.64. The van der Waals surface area contributed by atoms with E-state index >= 15 is 0 Å². The van der Waals surface area contributed by atoms with Crippen LogP contribution in [0.2, 0.25) is 0 Å². The van der Waals surface area contributed by atoms with Gasteiger partial charge < -0.3 is 10.6 Å². The molecule has 0 spiro atoms. The predicted molar refractivity (Wildman–Crippen MR) is 101 cm³/mol. The van der Waals surface area contributed by atoms with E-state index < -0.39 is 4.92 Å². The van der Waals surface area contributed by atoms with Crippen LogP contribution in [0.1, 0.15) is 12.5 Å². The van der Waals surface area contributed by atoms with Crippen LogP contribution in [0.4, 0.5) is 17.2 Å². The summed E-state index contributed by atoms with van der Waals surface area (Å²) in [7, 11) is 0. The summed E-state index contributed by atoms with van der Waals surface area (Å²) in [6.07, 6.45) is 0.836. The molecule has 0 atom stereocenters. The average Bonchev–Trinajstić information content (AvgIpc) is 2.66. The number of amides is 1. The third-order valence-corrected chi connectivity index (χ3v) is 3.99. The van der Waals surface area contributed by atoms with E-state index in [1.54, 1.807) is 18.2 Å². The summed E-state index contributed by atoms with van der Waals surface area (Å²) in [5.74, 6) is 0.363. The van der Waals surface area contributed by atoms with Crippen molar-refractivity contribution < 1.29 is 9.72 Å². The predicted octanol–water partition coefficient (Wildman–Crippen LogP) is 3.76. The Labute approximate surface area is 150 Å². The Morgan fingerprint density at radius 1 is 1.15 bits per heavy atom. The van der Waals surface area contributed by atoms with Gasteiger partial charge in [-0.1, -0.05) is 25.1 Å². The molecule has 3 rings (SSSR count). The summed E-state index contributed by atoms with van der Waals surface area (Å²) < 4.78 is 0. The average molecular weight is 350 g/mol. The first kappa shape index (κ1) is 17.3. The first-order valence-electron chi connectivity index (χ1n) is 8.23. The molecular formula is C19H18N4O3. The van der Waals surface area contributed by atoms with Gasteiger partial charge in [0.1, 0.15) is 5.82 Å². The van der Waals surface area contributed by atoms with Gasteiger partial charge in [0.15, 0.2) is 0 Å². The summed E-state index contributed by atoms with van der Waals surface area (Å²) in [5, 5.41) is 17.3. The monoisotopic (exact) mass is 350 g/mol.